The number of nitrogens with one attached hydrogen (secondary N) is 2. The molecule has 3 aromatic rings. The van der Waals surface area contributed by atoms with E-state index in [1.807, 2.05) is 6.92 Å². The molecule has 0 bridgehead atoms. The molecule has 37 heavy (non-hydrogen) atoms. The van der Waals surface area contributed by atoms with Gasteiger partial charge in [0.15, 0.2) is 23.2 Å². The van der Waals surface area contributed by atoms with E-state index in [-0.39, 0.29) is 23.0 Å². The first-order valence-corrected chi connectivity index (χ1v) is 11.2. The summed E-state index contributed by atoms with van der Waals surface area (Å²) in [6, 6.07) is 3.49. The highest BCUT2D eigenvalue weighted by atomic mass is 19.1. The number of benzene rings is 1. The molecule has 1 amide bonds. The molecule has 2 atom stereocenters. The van der Waals surface area contributed by atoms with Crippen LogP contribution in [0.1, 0.15) is 35.0 Å². The number of amides is 1. The van der Waals surface area contributed by atoms with E-state index in [0.29, 0.717) is 24.2 Å². The van der Waals surface area contributed by atoms with Crippen molar-refractivity contribution in [3.63, 3.8) is 0 Å². The molecule has 13 nitrogen and oxygen atoms in total. The molecule has 6 N–H and O–H groups in total. The fourth-order valence-electron chi connectivity index (χ4n) is 3.48. The molecule has 1 aromatic carbocycles. The minimum Gasteiger partial charge on any atom is -0.467 e. The molecule has 0 saturated heterocycles. The lowest BCUT2D eigenvalue weighted by Crippen LogP contribution is -2.44. The SMILES string of the molecule is CCc1cc(C(=O)N[C@@H](C[C@@H](F)C(=O)OC)C(=O)OC)ccc1NCc1cnc2nc(N)nc(N)c2n1. The van der Waals surface area contributed by atoms with E-state index in [9.17, 15) is 18.8 Å². The Hall–Kier alpha value is -4.62. The van der Waals surface area contributed by atoms with Gasteiger partial charge in [-0.1, -0.05) is 6.92 Å². The second-order valence-electron chi connectivity index (χ2n) is 7.86. The Morgan fingerprint density at radius 1 is 1.08 bits per heavy atom. The maximum atomic E-state index is 14.0. The molecule has 0 saturated carbocycles. The van der Waals surface area contributed by atoms with Crippen LogP contribution < -0.4 is 22.1 Å². The maximum Gasteiger partial charge on any atom is 0.340 e. The molecule has 0 aliphatic rings. The van der Waals surface area contributed by atoms with Crippen molar-refractivity contribution in [2.75, 3.05) is 31.0 Å². The number of nitrogens with zero attached hydrogens (tertiary/aromatic N) is 4. The summed E-state index contributed by atoms with van der Waals surface area (Å²) in [5, 5.41) is 5.66. The van der Waals surface area contributed by atoms with E-state index in [0.717, 1.165) is 25.5 Å². The molecule has 0 fully saturated rings. The third-order valence-corrected chi connectivity index (χ3v) is 5.40. The number of hydrogen-bond acceptors (Lipinski definition) is 12. The Balaban J connectivity index is 1.73. The number of rotatable bonds is 10. The number of carbonyl (C=O) groups excluding carboxylic acids is 3. The van der Waals surface area contributed by atoms with E-state index in [1.54, 1.807) is 18.2 Å². The number of nitrogens with two attached hydrogens (primary N) is 2. The van der Waals surface area contributed by atoms with Gasteiger partial charge in [-0.3, -0.25) is 4.79 Å². The number of aryl methyl sites for hydroxylation is 1. The average molecular weight is 515 g/mol. The number of aromatic nitrogens is 4. The molecular formula is C23H27FN8O5. The molecule has 0 aliphatic carbocycles. The highest BCUT2D eigenvalue weighted by Crippen LogP contribution is 2.21. The summed E-state index contributed by atoms with van der Waals surface area (Å²) in [6.07, 6.45) is -0.624. The first-order chi connectivity index (χ1) is 17.7. The van der Waals surface area contributed by atoms with Crippen LogP contribution in [0.3, 0.4) is 0 Å². The van der Waals surface area contributed by atoms with Crippen LogP contribution in [0.5, 0.6) is 0 Å². The fourth-order valence-corrected chi connectivity index (χ4v) is 3.48. The zero-order valence-electron chi connectivity index (χ0n) is 20.4. The van der Waals surface area contributed by atoms with Crippen molar-refractivity contribution in [3.8, 4) is 0 Å². The maximum absolute atomic E-state index is 14.0. The van der Waals surface area contributed by atoms with Crippen LogP contribution in [-0.4, -0.2) is 64.2 Å². The van der Waals surface area contributed by atoms with Crippen LogP contribution in [0, 0.1) is 0 Å². The standard InChI is InChI=1S/C23H27FN8O5/c1-4-11-7-12(20(33)30-16(22(35)37-3)8-14(24)21(34)36-2)5-6-15(11)27-9-13-10-28-19-17(29-13)18(25)31-23(26)32-19/h5-7,10,14,16,27H,4,8-9H2,1-3H3,(H,30,33)(H4,25,26,28,31,32)/t14-,16+/m1/s1. The van der Waals surface area contributed by atoms with Gasteiger partial charge in [0.1, 0.15) is 6.04 Å². The van der Waals surface area contributed by atoms with Crippen molar-refractivity contribution in [3.05, 3.63) is 41.2 Å². The van der Waals surface area contributed by atoms with Gasteiger partial charge in [-0.2, -0.15) is 9.97 Å². The van der Waals surface area contributed by atoms with Gasteiger partial charge in [0, 0.05) is 17.7 Å². The number of ether oxygens (including phenoxy) is 2. The average Bonchev–Trinajstić information content (AvgIpc) is 2.90. The minimum atomic E-state index is -2.11. The highest BCUT2D eigenvalue weighted by molar-refractivity contribution is 5.97. The lowest BCUT2D eigenvalue weighted by molar-refractivity contribution is -0.148. The summed E-state index contributed by atoms with van der Waals surface area (Å²) in [5.74, 6) is -2.55. The Morgan fingerprint density at radius 3 is 2.49 bits per heavy atom. The van der Waals surface area contributed by atoms with Crippen LogP contribution in [0.15, 0.2) is 24.4 Å². The van der Waals surface area contributed by atoms with Crippen molar-refractivity contribution < 1.29 is 28.2 Å². The number of methoxy groups -OCH3 is 2. The number of halogens is 1. The van der Waals surface area contributed by atoms with Gasteiger partial charge in [-0.05, 0) is 30.2 Å². The molecule has 2 heterocycles. The summed E-state index contributed by atoms with van der Waals surface area (Å²) in [7, 11) is 2.12. The van der Waals surface area contributed by atoms with Gasteiger partial charge in [0.05, 0.1) is 32.7 Å². The monoisotopic (exact) mass is 514 g/mol. The van der Waals surface area contributed by atoms with Gasteiger partial charge in [-0.25, -0.2) is 23.9 Å². The number of nitrogen functional groups attached to an aromatic ring is 2. The smallest absolute Gasteiger partial charge is 0.340 e. The van der Waals surface area contributed by atoms with Crippen molar-refractivity contribution in [1.29, 1.82) is 0 Å². The number of hydrogen-bond donors (Lipinski definition) is 4. The van der Waals surface area contributed by atoms with Gasteiger partial charge < -0.3 is 31.6 Å². The summed E-state index contributed by atoms with van der Waals surface area (Å²) >= 11 is 0. The predicted octanol–water partition coefficient (Wildman–Crippen LogP) is 0.931. The van der Waals surface area contributed by atoms with Crippen LogP contribution in [-0.2, 0) is 32.0 Å². The van der Waals surface area contributed by atoms with Gasteiger partial charge in [0.25, 0.3) is 5.91 Å². The largest absolute Gasteiger partial charge is 0.467 e. The summed E-state index contributed by atoms with van der Waals surface area (Å²) in [6.45, 7) is 2.20. The molecular weight excluding hydrogens is 487 g/mol. The molecule has 0 unspecified atom stereocenters. The molecule has 0 aliphatic heterocycles. The zero-order chi connectivity index (χ0) is 27.1. The zero-order valence-corrected chi connectivity index (χ0v) is 20.4. The van der Waals surface area contributed by atoms with Crippen molar-refractivity contribution in [1.82, 2.24) is 25.3 Å². The fraction of sp³-hybridized carbons (Fsp3) is 0.348. The van der Waals surface area contributed by atoms with Gasteiger partial charge in [-0.15, -0.1) is 0 Å². The van der Waals surface area contributed by atoms with Crippen molar-refractivity contribution >= 4 is 46.5 Å². The first kappa shape index (κ1) is 27.0. The Kier molecular flexibility index (Phi) is 8.66. The van der Waals surface area contributed by atoms with Crippen LogP contribution in [0.25, 0.3) is 11.2 Å². The van der Waals surface area contributed by atoms with Gasteiger partial charge >= 0.3 is 11.9 Å². The van der Waals surface area contributed by atoms with Crippen LogP contribution >= 0.6 is 0 Å². The Bertz CT molecular complexity index is 1320. The van der Waals surface area contributed by atoms with Crippen LogP contribution in [0.2, 0.25) is 0 Å². The second-order valence-corrected chi connectivity index (χ2v) is 7.86. The number of anilines is 3. The number of alkyl halides is 1. The van der Waals surface area contributed by atoms with Crippen molar-refractivity contribution in [2.45, 2.75) is 38.5 Å². The molecule has 0 spiro atoms. The molecule has 2 aromatic heterocycles. The topological polar surface area (TPSA) is 197 Å². The first-order valence-electron chi connectivity index (χ1n) is 11.2. The van der Waals surface area contributed by atoms with E-state index < -0.39 is 36.5 Å². The molecule has 3 rings (SSSR count). The lowest BCUT2D eigenvalue weighted by Gasteiger charge is -2.18. The third-order valence-electron chi connectivity index (χ3n) is 5.40. The Morgan fingerprint density at radius 2 is 1.81 bits per heavy atom. The van der Waals surface area contributed by atoms with Crippen LogP contribution in [0.4, 0.5) is 21.8 Å². The van der Waals surface area contributed by atoms with Crippen molar-refractivity contribution in [2.24, 2.45) is 0 Å². The van der Waals surface area contributed by atoms with E-state index in [4.69, 9.17) is 11.5 Å². The highest BCUT2D eigenvalue weighted by Gasteiger charge is 2.30. The van der Waals surface area contributed by atoms with Gasteiger partial charge in [0.2, 0.25) is 5.95 Å². The quantitative estimate of drug-likeness (QED) is 0.280. The lowest BCUT2D eigenvalue weighted by atomic mass is 10.0. The molecule has 14 heteroatoms. The number of fused-ring (bicyclic) bond motifs is 1. The predicted molar refractivity (Wildman–Crippen MR) is 132 cm³/mol. The Labute approximate surface area is 211 Å². The normalized spacial score (nSPS) is 12.4. The summed E-state index contributed by atoms with van der Waals surface area (Å²) in [4.78, 5) is 52.8. The minimum absolute atomic E-state index is 0.00720. The number of esters is 2. The second kappa shape index (κ2) is 11.9. The van der Waals surface area contributed by atoms with E-state index in [1.165, 1.54) is 6.20 Å². The summed E-state index contributed by atoms with van der Waals surface area (Å²) in [5.41, 5.74) is 14.4. The number of carbonyl (C=O) groups is 3. The third kappa shape index (κ3) is 6.54. The van der Waals surface area contributed by atoms with E-state index in [2.05, 4.69) is 40.0 Å². The van der Waals surface area contributed by atoms with E-state index >= 15 is 0 Å². The molecule has 196 valence electrons. The molecule has 0 radical (unpaired) electrons. The summed E-state index contributed by atoms with van der Waals surface area (Å²) < 4.78 is 23.0.